The molecule has 0 amide bonds. The van der Waals surface area contributed by atoms with Crippen LogP contribution < -0.4 is 5.32 Å². The van der Waals surface area contributed by atoms with Gasteiger partial charge < -0.3 is 10.4 Å². The first kappa shape index (κ1) is 18.2. The fraction of sp³-hybridized carbons (Fsp3) is 0.316. The molecule has 3 nitrogen and oxygen atoms in total. The summed E-state index contributed by atoms with van der Waals surface area (Å²) in [6.07, 6.45) is 1.05. The number of halogens is 1. The maximum atomic E-state index is 13.5. The van der Waals surface area contributed by atoms with E-state index >= 15 is 0 Å². The topological polar surface area (TPSA) is 49.3 Å². The first-order valence-corrected chi connectivity index (χ1v) is 11.8. The second-order valence-electron chi connectivity index (χ2n) is 7.33. The lowest BCUT2D eigenvalue weighted by molar-refractivity contribution is 0.0698. The van der Waals surface area contributed by atoms with E-state index in [4.69, 9.17) is 0 Å². The summed E-state index contributed by atoms with van der Waals surface area (Å²) in [7, 11) is -1.08. The van der Waals surface area contributed by atoms with E-state index in [1.54, 1.807) is 0 Å². The number of carboxylic acid groups (broad SMARTS) is 1. The van der Waals surface area contributed by atoms with Crippen LogP contribution in [0.5, 0.6) is 0 Å². The Morgan fingerprint density at radius 3 is 2.42 bits per heavy atom. The molecule has 0 unspecified atom stereocenters. The Morgan fingerprint density at radius 1 is 1.12 bits per heavy atom. The highest BCUT2D eigenvalue weighted by Crippen LogP contribution is 2.26. The lowest BCUT2D eigenvalue weighted by Crippen LogP contribution is -2.19. The van der Waals surface area contributed by atoms with Crippen LogP contribution in [-0.2, 0) is 6.42 Å². The molecule has 0 saturated carbocycles. The predicted molar refractivity (Wildman–Crippen MR) is 99.7 cm³/mol. The van der Waals surface area contributed by atoms with E-state index < -0.39 is 19.9 Å². The number of nitrogens with one attached hydrogen (secondary N) is 1. The van der Waals surface area contributed by atoms with Crippen LogP contribution in [0.4, 0.5) is 15.8 Å². The van der Waals surface area contributed by atoms with E-state index in [2.05, 4.69) is 37.1 Å². The number of carbonyl (C=O) groups is 1. The lowest BCUT2D eigenvalue weighted by Gasteiger charge is -2.17. The van der Waals surface area contributed by atoms with Crippen LogP contribution >= 0.6 is 0 Å². The molecule has 0 aliphatic rings. The maximum Gasteiger partial charge on any atom is 0.337 e. The number of hydrogen-bond acceptors (Lipinski definition) is 2. The maximum absolute atomic E-state index is 13.5. The van der Waals surface area contributed by atoms with Crippen LogP contribution in [0.15, 0.2) is 36.4 Å². The van der Waals surface area contributed by atoms with Gasteiger partial charge in [-0.05, 0) is 48.7 Å². The third-order valence-electron chi connectivity index (χ3n) is 3.94. The first-order valence-electron chi connectivity index (χ1n) is 8.05. The molecule has 2 N–H and O–H groups in total. The fourth-order valence-electron chi connectivity index (χ4n) is 2.49. The smallest absolute Gasteiger partial charge is 0.337 e. The van der Waals surface area contributed by atoms with Crippen molar-refractivity contribution in [3.8, 4) is 0 Å². The molecule has 24 heavy (non-hydrogen) atoms. The Kier molecular flexibility index (Phi) is 5.44. The molecule has 0 radical (unpaired) electrons. The quantitative estimate of drug-likeness (QED) is 0.684. The normalized spacial score (nSPS) is 11.4. The third-order valence-corrected chi connectivity index (χ3v) is 5.69. The van der Waals surface area contributed by atoms with Crippen LogP contribution in [0.2, 0.25) is 25.7 Å². The van der Waals surface area contributed by atoms with Crippen molar-refractivity contribution in [3.63, 3.8) is 0 Å². The third kappa shape index (κ3) is 4.93. The van der Waals surface area contributed by atoms with E-state index in [1.807, 2.05) is 13.0 Å². The summed E-state index contributed by atoms with van der Waals surface area (Å²) in [5.74, 6) is -1.55. The Labute approximate surface area is 143 Å². The molecule has 5 heteroatoms. The van der Waals surface area contributed by atoms with Gasteiger partial charge >= 0.3 is 5.97 Å². The molecule has 2 rings (SSSR count). The van der Waals surface area contributed by atoms with Gasteiger partial charge in [-0.25, -0.2) is 9.18 Å². The number of hydrogen-bond donors (Lipinski definition) is 2. The SMILES string of the molecule is Cc1cc(CC[Si](C)(C)C)ccc1Nc1cc(F)ccc1C(=O)O. The minimum Gasteiger partial charge on any atom is -0.478 e. The van der Waals surface area contributed by atoms with Gasteiger partial charge in [-0.3, -0.25) is 0 Å². The van der Waals surface area contributed by atoms with Crippen LogP contribution in [0.25, 0.3) is 0 Å². The van der Waals surface area contributed by atoms with E-state index in [0.29, 0.717) is 0 Å². The Morgan fingerprint density at radius 2 is 1.83 bits per heavy atom. The minimum atomic E-state index is -1.08. The monoisotopic (exact) mass is 345 g/mol. The van der Waals surface area contributed by atoms with Gasteiger partial charge in [0.1, 0.15) is 5.82 Å². The molecular weight excluding hydrogens is 321 g/mol. The second-order valence-corrected chi connectivity index (χ2v) is 13.0. The van der Waals surface area contributed by atoms with Crippen LogP contribution in [0, 0.1) is 12.7 Å². The number of carboxylic acids is 1. The number of anilines is 2. The summed E-state index contributed by atoms with van der Waals surface area (Å²) < 4.78 is 13.5. The summed E-state index contributed by atoms with van der Waals surface area (Å²) in [4.78, 5) is 11.3. The van der Waals surface area contributed by atoms with Crippen LogP contribution in [0.1, 0.15) is 21.5 Å². The predicted octanol–water partition coefficient (Wildman–Crippen LogP) is 5.46. The zero-order chi connectivity index (χ0) is 17.9. The van der Waals surface area contributed by atoms with Gasteiger partial charge in [-0.1, -0.05) is 37.8 Å². The van der Waals surface area contributed by atoms with Gasteiger partial charge in [0.05, 0.1) is 11.3 Å². The van der Waals surface area contributed by atoms with E-state index in [9.17, 15) is 14.3 Å². The fourth-order valence-corrected chi connectivity index (χ4v) is 3.53. The summed E-state index contributed by atoms with van der Waals surface area (Å²) in [6, 6.07) is 11.0. The van der Waals surface area contributed by atoms with Gasteiger partial charge in [0.15, 0.2) is 0 Å². The summed E-state index contributed by atoms with van der Waals surface area (Å²) in [6.45, 7) is 9.04. The summed E-state index contributed by atoms with van der Waals surface area (Å²) in [5.41, 5.74) is 3.40. The highest BCUT2D eigenvalue weighted by atomic mass is 28.3. The van der Waals surface area contributed by atoms with Gasteiger partial charge in [-0.2, -0.15) is 0 Å². The zero-order valence-corrected chi connectivity index (χ0v) is 15.6. The number of aromatic carboxylic acids is 1. The van der Waals surface area contributed by atoms with Crippen molar-refractivity contribution < 1.29 is 14.3 Å². The highest BCUT2D eigenvalue weighted by Gasteiger charge is 2.14. The molecule has 0 spiro atoms. The van der Waals surface area contributed by atoms with Crippen molar-refractivity contribution >= 4 is 25.4 Å². The van der Waals surface area contributed by atoms with Crippen molar-refractivity contribution in [3.05, 3.63) is 58.9 Å². The molecule has 0 bridgehead atoms. The largest absolute Gasteiger partial charge is 0.478 e. The van der Waals surface area contributed by atoms with Crippen molar-refractivity contribution in [1.29, 1.82) is 0 Å². The molecule has 2 aromatic rings. The number of rotatable bonds is 6. The van der Waals surface area contributed by atoms with E-state index in [0.717, 1.165) is 23.7 Å². The molecule has 0 atom stereocenters. The van der Waals surface area contributed by atoms with Crippen LogP contribution in [-0.4, -0.2) is 19.1 Å². The van der Waals surface area contributed by atoms with Gasteiger partial charge in [0, 0.05) is 13.8 Å². The lowest BCUT2D eigenvalue weighted by atomic mass is 10.1. The summed E-state index contributed by atoms with van der Waals surface area (Å²) in [5, 5.41) is 12.3. The molecule has 0 aromatic heterocycles. The van der Waals surface area contributed by atoms with Crippen molar-refractivity contribution in [2.24, 2.45) is 0 Å². The standard InChI is InChI=1S/C19H24FNO2Si/c1-13-11-14(9-10-24(2,3)4)5-8-17(13)21-18-12-15(20)6-7-16(18)19(22)23/h5-8,11-12,21H,9-10H2,1-4H3,(H,22,23). The van der Waals surface area contributed by atoms with E-state index in [-0.39, 0.29) is 11.3 Å². The Bertz CT molecular complexity index is 754. The van der Waals surface area contributed by atoms with Crippen molar-refractivity contribution in [2.75, 3.05) is 5.32 Å². The summed E-state index contributed by atoms with van der Waals surface area (Å²) >= 11 is 0. The molecule has 0 aliphatic carbocycles. The average molecular weight is 345 g/mol. The minimum absolute atomic E-state index is 0.0543. The van der Waals surface area contributed by atoms with Crippen molar-refractivity contribution in [2.45, 2.75) is 39.0 Å². The molecular formula is C19H24FNO2Si. The molecule has 2 aromatic carbocycles. The van der Waals surface area contributed by atoms with Gasteiger partial charge in [0.25, 0.3) is 0 Å². The van der Waals surface area contributed by atoms with E-state index in [1.165, 1.54) is 23.7 Å². The molecule has 128 valence electrons. The van der Waals surface area contributed by atoms with Gasteiger partial charge in [0.2, 0.25) is 0 Å². The van der Waals surface area contributed by atoms with Crippen LogP contribution in [0.3, 0.4) is 0 Å². The molecule has 0 fully saturated rings. The number of aryl methyl sites for hydroxylation is 2. The number of benzene rings is 2. The Hall–Kier alpha value is -2.14. The molecule has 0 saturated heterocycles. The Balaban J connectivity index is 2.22. The second kappa shape index (κ2) is 7.17. The molecule has 0 aliphatic heterocycles. The zero-order valence-electron chi connectivity index (χ0n) is 14.6. The molecule has 0 heterocycles. The van der Waals surface area contributed by atoms with Crippen molar-refractivity contribution in [1.82, 2.24) is 0 Å². The highest BCUT2D eigenvalue weighted by molar-refractivity contribution is 6.76. The van der Waals surface area contributed by atoms with Gasteiger partial charge in [-0.15, -0.1) is 0 Å². The average Bonchev–Trinajstić information content (AvgIpc) is 2.46. The first-order chi connectivity index (χ1) is 11.2.